The maximum atomic E-state index is 11.8. The van der Waals surface area contributed by atoms with Gasteiger partial charge in [-0.2, -0.15) is 11.8 Å². The van der Waals surface area contributed by atoms with E-state index in [1.165, 1.54) is 0 Å². The molecule has 0 saturated heterocycles. The third-order valence-corrected chi connectivity index (χ3v) is 4.22. The van der Waals surface area contributed by atoms with Crippen LogP contribution < -0.4 is 0 Å². The predicted molar refractivity (Wildman–Crippen MR) is 82.7 cm³/mol. The van der Waals surface area contributed by atoms with Gasteiger partial charge in [-0.05, 0) is 20.3 Å². The number of thioether (sulfide) groups is 1. The first-order chi connectivity index (χ1) is 9.35. The van der Waals surface area contributed by atoms with E-state index in [1.54, 1.807) is 17.8 Å². The monoisotopic (exact) mass is 302 g/mol. The summed E-state index contributed by atoms with van der Waals surface area (Å²) in [5, 5.41) is 0. The summed E-state index contributed by atoms with van der Waals surface area (Å²) in [6.07, 6.45) is 2.34. The molecule has 4 nitrogen and oxygen atoms in total. The average Bonchev–Trinajstić information content (AvgIpc) is 2.42. The largest absolute Gasteiger partial charge is 0.465 e. The van der Waals surface area contributed by atoms with Crippen LogP contribution in [0.15, 0.2) is 12.7 Å². The molecule has 0 rings (SSSR count). The lowest BCUT2D eigenvalue weighted by Gasteiger charge is -2.21. The lowest BCUT2D eigenvalue weighted by Crippen LogP contribution is -2.29. The fourth-order valence-corrected chi connectivity index (χ4v) is 2.20. The highest BCUT2D eigenvalue weighted by molar-refractivity contribution is 7.99. The molecule has 0 aromatic heterocycles. The molecule has 0 N–H and O–H groups in total. The Hall–Kier alpha value is -0.970. The van der Waals surface area contributed by atoms with Gasteiger partial charge in [0.05, 0.1) is 11.3 Å². The molecule has 0 aromatic carbocycles. The minimum atomic E-state index is -0.547. The standard InChI is InChI=1S/C15H26O4S/c1-6-8-19-14(17)15(4,5)11-20-10-9-18-13(16)12(3)7-2/h6,12H,1,7-11H2,2-5H3. The summed E-state index contributed by atoms with van der Waals surface area (Å²) in [5.74, 6) is 0.870. The van der Waals surface area contributed by atoms with Crippen LogP contribution in [0.3, 0.4) is 0 Å². The second-order valence-electron chi connectivity index (χ2n) is 5.30. The van der Waals surface area contributed by atoms with Crippen LogP contribution in [0.4, 0.5) is 0 Å². The Labute approximate surface area is 126 Å². The molecule has 0 aliphatic carbocycles. The van der Waals surface area contributed by atoms with Gasteiger partial charge in [-0.1, -0.05) is 26.5 Å². The van der Waals surface area contributed by atoms with Gasteiger partial charge >= 0.3 is 11.9 Å². The van der Waals surface area contributed by atoms with E-state index in [0.29, 0.717) is 18.1 Å². The number of carbonyl (C=O) groups excluding carboxylic acids is 2. The Morgan fingerprint density at radius 3 is 2.55 bits per heavy atom. The van der Waals surface area contributed by atoms with E-state index in [4.69, 9.17) is 9.47 Å². The van der Waals surface area contributed by atoms with Gasteiger partial charge in [0.15, 0.2) is 0 Å². The van der Waals surface area contributed by atoms with Crippen molar-refractivity contribution >= 4 is 23.7 Å². The van der Waals surface area contributed by atoms with Crippen molar-refractivity contribution < 1.29 is 19.1 Å². The van der Waals surface area contributed by atoms with Crippen molar-refractivity contribution in [2.75, 3.05) is 24.7 Å². The average molecular weight is 302 g/mol. The van der Waals surface area contributed by atoms with Crippen LogP contribution in [0.25, 0.3) is 0 Å². The van der Waals surface area contributed by atoms with Crippen molar-refractivity contribution in [3.63, 3.8) is 0 Å². The van der Waals surface area contributed by atoms with Crippen molar-refractivity contribution in [3.8, 4) is 0 Å². The van der Waals surface area contributed by atoms with E-state index in [0.717, 1.165) is 6.42 Å². The SMILES string of the molecule is C=CCOC(=O)C(C)(C)CSCCOC(=O)C(C)CC. The Morgan fingerprint density at radius 2 is 2.00 bits per heavy atom. The molecule has 0 radical (unpaired) electrons. The molecule has 1 unspecified atom stereocenters. The minimum Gasteiger partial charge on any atom is -0.465 e. The topological polar surface area (TPSA) is 52.6 Å². The molecule has 0 aliphatic rings. The third-order valence-electron chi connectivity index (χ3n) is 2.83. The summed E-state index contributed by atoms with van der Waals surface area (Å²) in [7, 11) is 0. The van der Waals surface area contributed by atoms with E-state index in [2.05, 4.69) is 6.58 Å². The summed E-state index contributed by atoms with van der Waals surface area (Å²) >= 11 is 1.58. The quantitative estimate of drug-likeness (QED) is 0.353. The number of esters is 2. The number of hydrogen-bond acceptors (Lipinski definition) is 5. The first kappa shape index (κ1) is 19.0. The van der Waals surface area contributed by atoms with Gasteiger partial charge in [0.2, 0.25) is 0 Å². The van der Waals surface area contributed by atoms with Crippen LogP contribution in [-0.2, 0) is 19.1 Å². The highest BCUT2D eigenvalue weighted by atomic mass is 32.2. The molecule has 0 aliphatic heterocycles. The van der Waals surface area contributed by atoms with Crippen molar-refractivity contribution in [2.24, 2.45) is 11.3 Å². The zero-order valence-electron chi connectivity index (χ0n) is 12.9. The lowest BCUT2D eigenvalue weighted by molar-refractivity contribution is -0.151. The van der Waals surface area contributed by atoms with Crippen LogP contribution in [0.1, 0.15) is 34.1 Å². The molecule has 20 heavy (non-hydrogen) atoms. The fraction of sp³-hybridized carbons (Fsp3) is 0.733. The van der Waals surface area contributed by atoms with Crippen LogP contribution in [0.2, 0.25) is 0 Å². The zero-order chi connectivity index (χ0) is 15.6. The number of hydrogen-bond donors (Lipinski definition) is 0. The third kappa shape index (κ3) is 7.58. The van der Waals surface area contributed by atoms with Gasteiger partial charge < -0.3 is 9.47 Å². The Bertz CT molecular complexity index is 326. The van der Waals surface area contributed by atoms with E-state index < -0.39 is 5.41 Å². The molecule has 0 bridgehead atoms. The Kier molecular flexibility index (Phi) is 9.38. The van der Waals surface area contributed by atoms with Gasteiger partial charge in [0, 0.05) is 11.5 Å². The first-order valence-corrected chi connectivity index (χ1v) is 8.03. The Balaban J connectivity index is 3.85. The first-order valence-electron chi connectivity index (χ1n) is 6.87. The van der Waals surface area contributed by atoms with Gasteiger partial charge in [-0.25, -0.2) is 0 Å². The van der Waals surface area contributed by atoms with Crippen molar-refractivity contribution in [1.29, 1.82) is 0 Å². The second-order valence-corrected chi connectivity index (χ2v) is 6.41. The van der Waals surface area contributed by atoms with E-state index in [1.807, 2.05) is 27.7 Å². The lowest BCUT2D eigenvalue weighted by atomic mass is 9.97. The minimum absolute atomic E-state index is 0.0506. The summed E-state index contributed by atoms with van der Waals surface area (Å²) < 4.78 is 10.2. The molecule has 0 saturated carbocycles. The molecule has 0 spiro atoms. The number of ether oxygens (including phenoxy) is 2. The number of carbonyl (C=O) groups is 2. The molecule has 0 aromatic rings. The maximum Gasteiger partial charge on any atom is 0.312 e. The van der Waals surface area contributed by atoms with E-state index in [-0.39, 0.29) is 24.5 Å². The molecular formula is C15H26O4S. The highest BCUT2D eigenvalue weighted by Gasteiger charge is 2.29. The van der Waals surface area contributed by atoms with Gasteiger partial charge in [-0.15, -0.1) is 0 Å². The summed E-state index contributed by atoms with van der Waals surface area (Å²) in [6.45, 7) is 11.6. The van der Waals surface area contributed by atoms with Crippen LogP contribution in [0, 0.1) is 11.3 Å². The van der Waals surface area contributed by atoms with Crippen LogP contribution >= 0.6 is 11.8 Å². The fourth-order valence-electron chi connectivity index (χ4n) is 1.23. The molecule has 0 amide bonds. The van der Waals surface area contributed by atoms with E-state index >= 15 is 0 Å². The molecular weight excluding hydrogens is 276 g/mol. The molecule has 0 heterocycles. The molecule has 116 valence electrons. The van der Waals surface area contributed by atoms with Crippen LogP contribution in [-0.4, -0.2) is 36.7 Å². The summed E-state index contributed by atoms with van der Waals surface area (Å²) in [4.78, 5) is 23.2. The van der Waals surface area contributed by atoms with Gasteiger partial charge in [0.25, 0.3) is 0 Å². The normalized spacial score (nSPS) is 12.6. The zero-order valence-corrected chi connectivity index (χ0v) is 13.8. The molecule has 0 fully saturated rings. The van der Waals surface area contributed by atoms with Gasteiger partial charge in [-0.3, -0.25) is 9.59 Å². The van der Waals surface area contributed by atoms with E-state index in [9.17, 15) is 9.59 Å². The van der Waals surface area contributed by atoms with Crippen molar-refractivity contribution in [1.82, 2.24) is 0 Å². The second kappa shape index (κ2) is 9.86. The van der Waals surface area contributed by atoms with Crippen molar-refractivity contribution in [3.05, 3.63) is 12.7 Å². The summed E-state index contributed by atoms with van der Waals surface area (Å²) in [6, 6.07) is 0. The molecule has 1 atom stereocenters. The smallest absolute Gasteiger partial charge is 0.312 e. The van der Waals surface area contributed by atoms with Crippen LogP contribution in [0.5, 0.6) is 0 Å². The highest BCUT2D eigenvalue weighted by Crippen LogP contribution is 2.23. The summed E-state index contributed by atoms with van der Waals surface area (Å²) in [5.41, 5.74) is -0.547. The maximum absolute atomic E-state index is 11.8. The predicted octanol–water partition coefficient (Wildman–Crippen LogP) is 3.06. The number of rotatable bonds is 10. The van der Waals surface area contributed by atoms with Crippen molar-refractivity contribution in [2.45, 2.75) is 34.1 Å². The molecule has 5 heteroatoms. The Morgan fingerprint density at radius 1 is 1.35 bits per heavy atom. The van der Waals surface area contributed by atoms with Gasteiger partial charge in [0.1, 0.15) is 13.2 Å².